The molecule has 0 aliphatic carbocycles. The standard InChI is InChI=1S/C16H12ClF3N2O4S/c17-11-2-4-12(5-3-11)26-8-7-21-15(23)27-14-6-1-10(16(18,19)20)9-13(14)22(24)25/h1-6,9H,7-8H2,(H,21,23). The van der Waals surface area contributed by atoms with E-state index in [9.17, 15) is 28.1 Å². The van der Waals surface area contributed by atoms with Crippen molar-refractivity contribution >= 4 is 34.3 Å². The number of thioether (sulfide) groups is 1. The molecule has 0 atom stereocenters. The van der Waals surface area contributed by atoms with Gasteiger partial charge in [0.1, 0.15) is 12.4 Å². The Morgan fingerprint density at radius 2 is 1.89 bits per heavy atom. The quantitative estimate of drug-likeness (QED) is 0.302. The summed E-state index contributed by atoms with van der Waals surface area (Å²) in [6.45, 7) is 0.228. The Bertz CT molecular complexity index is 831. The van der Waals surface area contributed by atoms with Gasteiger partial charge in [-0.05, 0) is 48.2 Å². The van der Waals surface area contributed by atoms with E-state index < -0.39 is 27.6 Å². The van der Waals surface area contributed by atoms with Gasteiger partial charge in [0, 0.05) is 11.1 Å². The highest BCUT2D eigenvalue weighted by molar-refractivity contribution is 8.13. The molecule has 0 radical (unpaired) electrons. The van der Waals surface area contributed by atoms with Crippen LogP contribution in [0.5, 0.6) is 5.75 Å². The summed E-state index contributed by atoms with van der Waals surface area (Å²) in [5, 5.41) is 13.3. The zero-order chi connectivity index (χ0) is 20.0. The number of carbonyl (C=O) groups is 1. The Hall–Kier alpha value is -2.46. The molecule has 1 amide bonds. The molecule has 27 heavy (non-hydrogen) atoms. The molecule has 144 valence electrons. The van der Waals surface area contributed by atoms with E-state index in [4.69, 9.17) is 16.3 Å². The molecule has 0 aliphatic rings. The normalized spacial score (nSPS) is 11.1. The summed E-state index contributed by atoms with van der Waals surface area (Å²) in [6.07, 6.45) is -4.71. The molecule has 0 heterocycles. The highest BCUT2D eigenvalue weighted by Gasteiger charge is 2.33. The van der Waals surface area contributed by atoms with Crippen molar-refractivity contribution in [2.24, 2.45) is 0 Å². The molecule has 2 aromatic rings. The third kappa shape index (κ3) is 6.33. The van der Waals surface area contributed by atoms with E-state index in [-0.39, 0.29) is 18.0 Å². The summed E-state index contributed by atoms with van der Waals surface area (Å²) in [6, 6.07) is 8.54. The number of nitro benzene ring substituents is 1. The van der Waals surface area contributed by atoms with Crippen molar-refractivity contribution in [2.45, 2.75) is 11.1 Å². The maximum atomic E-state index is 12.7. The number of benzene rings is 2. The second-order valence-electron chi connectivity index (χ2n) is 5.06. The number of hydrogen-bond donors (Lipinski definition) is 1. The monoisotopic (exact) mass is 420 g/mol. The highest BCUT2D eigenvalue weighted by atomic mass is 35.5. The molecule has 11 heteroatoms. The number of nitrogens with one attached hydrogen (secondary N) is 1. The SMILES string of the molecule is O=C(NCCOc1ccc(Cl)cc1)Sc1ccc(C(F)(F)F)cc1[N+](=O)[O-]. The number of alkyl halides is 3. The van der Waals surface area contributed by atoms with Crippen molar-refractivity contribution in [1.29, 1.82) is 0 Å². The summed E-state index contributed by atoms with van der Waals surface area (Å²) < 4.78 is 43.4. The molecule has 0 spiro atoms. The molecule has 0 aromatic heterocycles. The number of hydrogen-bond acceptors (Lipinski definition) is 5. The molecule has 1 N–H and O–H groups in total. The summed E-state index contributed by atoms with van der Waals surface area (Å²) in [7, 11) is 0. The maximum Gasteiger partial charge on any atom is 0.416 e. The molecule has 0 saturated heterocycles. The number of rotatable bonds is 6. The number of nitro groups is 1. The Balaban J connectivity index is 1.91. The second kappa shape index (κ2) is 8.96. The highest BCUT2D eigenvalue weighted by Crippen LogP contribution is 2.36. The van der Waals surface area contributed by atoms with Crippen molar-refractivity contribution in [1.82, 2.24) is 5.32 Å². The number of ether oxygens (including phenoxy) is 1. The van der Waals surface area contributed by atoms with Crippen LogP contribution in [-0.4, -0.2) is 23.3 Å². The van der Waals surface area contributed by atoms with Gasteiger partial charge < -0.3 is 10.1 Å². The largest absolute Gasteiger partial charge is 0.492 e. The van der Waals surface area contributed by atoms with E-state index in [0.29, 0.717) is 34.7 Å². The third-order valence-corrected chi connectivity index (χ3v) is 4.29. The summed E-state index contributed by atoms with van der Waals surface area (Å²) in [5.41, 5.74) is -1.95. The molecule has 0 saturated carbocycles. The molecular formula is C16H12ClF3N2O4S. The fourth-order valence-corrected chi connectivity index (χ4v) is 2.79. The first-order valence-corrected chi connectivity index (χ1v) is 8.56. The van der Waals surface area contributed by atoms with Crippen LogP contribution in [0.2, 0.25) is 5.02 Å². The minimum absolute atomic E-state index is 0.100. The van der Waals surface area contributed by atoms with E-state index >= 15 is 0 Å². The molecule has 0 unspecified atom stereocenters. The van der Waals surface area contributed by atoms with E-state index in [0.717, 1.165) is 6.07 Å². The zero-order valence-corrected chi connectivity index (χ0v) is 15.0. The van der Waals surface area contributed by atoms with E-state index in [1.165, 1.54) is 0 Å². The van der Waals surface area contributed by atoms with Crippen molar-refractivity contribution in [3.63, 3.8) is 0 Å². The fourth-order valence-electron chi connectivity index (χ4n) is 1.91. The zero-order valence-electron chi connectivity index (χ0n) is 13.5. The Morgan fingerprint density at radius 1 is 1.22 bits per heavy atom. The van der Waals surface area contributed by atoms with Gasteiger partial charge in [-0.1, -0.05) is 11.6 Å². The Labute approximate surface area is 160 Å². The van der Waals surface area contributed by atoms with Gasteiger partial charge in [-0.15, -0.1) is 0 Å². The molecular weight excluding hydrogens is 409 g/mol. The molecule has 0 aliphatic heterocycles. The van der Waals surface area contributed by atoms with Crippen LogP contribution in [-0.2, 0) is 6.18 Å². The van der Waals surface area contributed by atoms with Crippen LogP contribution in [0.25, 0.3) is 0 Å². The summed E-state index contributed by atoms with van der Waals surface area (Å²) >= 11 is 6.17. The van der Waals surface area contributed by atoms with Crippen LogP contribution in [0.3, 0.4) is 0 Å². The van der Waals surface area contributed by atoms with Gasteiger partial charge in [-0.2, -0.15) is 13.2 Å². The maximum absolute atomic E-state index is 12.7. The molecule has 2 aromatic carbocycles. The van der Waals surface area contributed by atoms with Crippen LogP contribution >= 0.6 is 23.4 Å². The van der Waals surface area contributed by atoms with Crippen molar-refractivity contribution < 1.29 is 27.6 Å². The molecule has 6 nitrogen and oxygen atoms in total. The third-order valence-electron chi connectivity index (χ3n) is 3.14. The van der Waals surface area contributed by atoms with Gasteiger partial charge in [0.05, 0.1) is 21.9 Å². The minimum Gasteiger partial charge on any atom is -0.492 e. The number of carbonyl (C=O) groups excluding carboxylic acids is 1. The lowest BCUT2D eigenvalue weighted by Crippen LogP contribution is -2.24. The first-order chi connectivity index (χ1) is 12.7. The lowest BCUT2D eigenvalue weighted by Gasteiger charge is -2.09. The average molecular weight is 421 g/mol. The number of halogens is 4. The van der Waals surface area contributed by atoms with Gasteiger partial charge in [0.25, 0.3) is 10.9 Å². The summed E-state index contributed by atoms with van der Waals surface area (Å²) in [5.74, 6) is 0.541. The van der Waals surface area contributed by atoms with E-state index in [2.05, 4.69) is 5.32 Å². The minimum atomic E-state index is -4.71. The number of amides is 1. The fraction of sp³-hybridized carbons (Fsp3) is 0.188. The first kappa shape index (κ1) is 20.8. The smallest absolute Gasteiger partial charge is 0.416 e. The predicted molar refractivity (Wildman–Crippen MR) is 94.3 cm³/mol. The summed E-state index contributed by atoms with van der Waals surface area (Å²) in [4.78, 5) is 21.7. The number of nitrogens with zero attached hydrogens (tertiary/aromatic N) is 1. The topological polar surface area (TPSA) is 81.5 Å². The van der Waals surface area contributed by atoms with Crippen LogP contribution in [0.15, 0.2) is 47.4 Å². The second-order valence-corrected chi connectivity index (χ2v) is 6.51. The lowest BCUT2D eigenvalue weighted by atomic mass is 10.2. The van der Waals surface area contributed by atoms with Gasteiger partial charge in [0.2, 0.25) is 0 Å². The van der Waals surface area contributed by atoms with Gasteiger partial charge in [0.15, 0.2) is 0 Å². The molecule has 0 bridgehead atoms. The van der Waals surface area contributed by atoms with Crippen LogP contribution < -0.4 is 10.1 Å². The molecule has 2 rings (SSSR count). The van der Waals surface area contributed by atoms with Crippen molar-refractivity contribution in [3.8, 4) is 5.75 Å². The first-order valence-electron chi connectivity index (χ1n) is 7.36. The average Bonchev–Trinajstić information content (AvgIpc) is 2.59. The van der Waals surface area contributed by atoms with Crippen LogP contribution in [0, 0.1) is 10.1 Å². The van der Waals surface area contributed by atoms with Crippen molar-refractivity contribution in [3.05, 3.63) is 63.2 Å². The Kier molecular flexibility index (Phi) is 6.92. The van der Waals surface area contributed by atoms with Gasteiger partial charge >= 0.3 is 6.18 Å². The van der Waals surface area contributed by atoms with Crippen LogP contribution in [0.1, 0.15) is 5.56 Å². The van der Waals surface area contributed by atoms with Crippen molar-refractivity contribution in [2.75, 3.05) is 13.2 Å². The van der Waals surface area contributed by atoms with E-state index in [1.807, 2.05) is 0 Å². The van der Waals surface area contributed by atoms with E-state index in [1.54, 1.807) is 24.3 Å². The van der Waals surface area contributed by atoms with Crippen LogP contribution in [0.4, 0.5) is 23.7 Å². The Morgan fingerprint density at radius 3 is 2.48 bits per heavy atom. The predicted octanol–water partition coefficient (Wildman–Crippen LogP) is 5.15. The molecule has 0 fully saturated rings. The van der Waals surface area contributed by atoms with Gasteiger partial charge in [-0.3, -0.25) is 14.9 Å². The van der Waals surface area contributed by atoms with Gasteiger partial charge in [-0.25, -0.2) is 0 Å². The lowest BCUT2D eigenvalue weighted by molar-refractivity contribution is -0.388.